The molecule has 1 saturated carbocycles. The average molecular weight is 291 g/mol. The largest absolute Gasteiger partial charge is 0.350 e. The summed E-state index contributed by atoms with van der Waals surface area (Å²) in [6.07, 6.45) is 8.84. The van der Waals surface area contributed by atoms with Crippen molar-refractivity contribution in [1.82, 2.24) is 25.6 Å². The van der Waals surface area contributed by atoms with Gasteiger partial charge in [-0.25, -0.2) is 4.68 Å². The molecule has 0 bridgehead atoms. The minimum absolute atomic E-state index is 0.0942. The fourth-order valence-corrected chi connectivity index (χ4v) is 3.42. The highest BCUT2D eigenvalue weighted by Gasteiger charge is 2.29. The highest BCUT2D eigenvalue weighted by molar-refractivity contribution is 5.91. The fourth-order valence-electron chi connectivity index (χ4n) is 3.42. The van der Waals surface area contributed by atoms with Crippen molar-refractivity contribution in [2.75, 3.05) is 19.6 Å². The van der Waals surface area contributed by atoms with E-state index in [0.717, 1.165) is 32.5 Å². The first-order valence-electron chi connectivity index (χ1n) is 8.07. The van der Waals surface area contributed by atoms with Crippen molar-refractivity contribution in [2.24, 2.45) is 5.41 Å². The van der Waals surface area contributed by atoms with Gasteiger partial charge in [-0.1, -0.05) is 25.0 Å². The Kier molecular flexibility index (Phi) is 4.24. The smallest absolute Gasteiger partial charge is 0.273 e. The number of hydrogen-bond donors (Lipinski definition) is 2. The lowest BCUT2D eigenvalue weighted by Gasteiger charge is -2.23. The second kappa shape index (κ2) is 6.13. The van der Waals surface area contributed by atoms with Crippen LogP contribution in [0, 0.1) is 5.41 Å². The van der Waals surface area contributed by atoms with E-state index < -0.39 is 0 Å². The van der Waals surface area contributed by atoms with Gasteiger partial charge in [-0.05, 0) is 44.2 Å². The summed E-state index contributed by atoms with van der Waals surface area (Å²) in [4.78, 5) is 12.2. The highest BCUT2D eigenvalue weighted by Crippen LogP contribution is 2.36. The number of carbonyl (C=O) groups is 1. The highest BCUT2D eigenvalue weighted by atomic mass is 16.2. The van der Waals surface area contributed by atoms with Gasteiger partial charge in [0.25, 0.3) is 5.91 Å². The van der Waals surface area contributed by atoms with E-state index >= 15 is 0 Å². The van der Waals surface area contributed by atoms with Crippen molar-refractivity contribution < 1.29 is 4.79 Å². The topological polar surface area (TPSA) is 71.8 Å². The van der Waals surface area contributed by atoms with Gasteiger partial charge in [-0.3, -0.25) is 4.79 Å². The van der Waals surface area contributed by atoms with E-state index in [4.69, 9.17) is 0 Å². The van der Waals surface area contributed by atoms with Crippen molar-refractivity contribution in [1.29, 1.82) is 0 Å². The molecule has 6 heteroatoms. The minimum Gasteiger partial charge on any atom is -0.350 e. The lowest BCUT2D eigenvalue weighted by molar-refractivity contribution is 0.0929. The van der Waals surface area contributed by atoms with E-state index in [-0.39, 0.29) is 11.3 Å². The normalized spacial score (nSPS) is 22.3. The number of aromatic nitrogens is 3. The van der Waals surface area contributed by atoms with Gasteiger partial charge in [-0.15, -0.1) is 5.10 Å². The number of nitrogens with one attached hydrogen (secondary N) is 2. The van der Waals surface area contributed by atoms with Crippen LogP contribution >= 0.6 is 0 Å². The lowest BCUT2D eigenvalue weighted by Crippen LogP contribution is -2.34. The summed E-state index contributed by atoms with van der Waals surface area (Å²) in [6.45, 7) is 5.01. The molecule has 0 radical (unpaired) electrons. The number of hydrogen-bond acceptors (Lipinski definition) is 4. The molecule has 0 unspecified atom stereocenters. The van der Waals surface area contributed by atoms with Crippen LogP contribution in [0.1, 0.15) is 62.0 Å². The predicted octanol–water partition coefficient (Wildman–Crippen LogP) is 1.51. The van der Waals surface area contributed by atoms with E-state index in [0.29, 0.717) is 11.7 Å². The van der Waals surface area contributed by atoms with Crippen LogP contribution in [0.2, 0.25) is 0 Å². The molecule has 2 N–H and O–H groups in total. The van der Waals surface area contributed by atoms with Crippen LogP contribution in [0.3, 0.4) is 0 Å². The van der Waals surface area contributed by atoms with Gasteiger partial charge in [0, 0.05) is 6.54 Å². The Bertz CT molecular complexity index is 486. The molecule has 0 atom stereocenters. The first-order chi connectivity index (χ1) is 10.2. The van der Waals surface area contributed by atoms with Crippen molar-refractivity contribution in [3.05, 3.63) is 11.9 Å². The monoisotopic (exact) mass is 291 g/mol. The third-order valence-corrected chi connectivity index (χ3v) is 4.91. The van der Waals surface area contributed by atoms with Crippen molar-refractivity contribution in [3.63, 3.8) is 0 Å². The minimum atomic E-state index is -0.0942. The van der Waals surface area contributed by atoms with Gasteiger partial charge in [0.15, 0.2) is 5.69 Å². The molecule has 2 aliphatic rings. The van der Waals surface area contributed by atoms with Crippen LogP contribution in [-0.4, -0.2) is 40.5 Å². The van der Waals surface area contributed by atoms with Gasteiger partial charge in [0.1, 0.15) is 0 Å². The summed E-state index contributed by atoms with van der Waals surface area (Å²) in [6, 6.07) is 0.368. The van der Waals surface area contributed by atoms with E-state index in [1.54, 1.807) is 6.20 Å². The first kappa shape index (κ1) is 14.5. The maximum atomic E-state index is 12.2. The molecule has 6 nitrogen and oxygen atoms in total. The zero-order valence-corrected chi connectivity index (χ0v) is 12.8. The van der Waals surface area contributed by atoms with Crippen LogP contribution in [0.25, 0.3) is 0 Å². The van der Waals surface area contributed by atoms with E-state index in [1.807, 2.05) is 4.68 Å². The Morgan fingerprint density at radius 3 is 2.86 bits per heavy atom. The molecule has 1 amide bonds. The number of piperidine rings is 1. The molecule has 3 rings (SSSR count). The molecule has 0 aromatic carbocycles. The third kappa shape index (κ3) is 3.43. The van der Waals surface area contributed by atoms with Gasteiger partial charge >= 0.3 is 0 Å². The van der Waals surface area contributed by atoms with E-state index in [2.05, 4.69) is 27.9 Å². The average Bonchev–Trinajstić information content (AvgIpc) is 3.16. The van der Waals surface area contributed by atoms with Gasteiger partial charge < -0.3 is 10.6 Å². The van der Waals surface area contributed by atoms with E-state index in [1.165, 1.54) is 25.7 Å². The first-order valence-corrected chi connectivity index (χ1v) is 8.07. The molecular formula is C15H25N5O. The molecule has 2 heterocycles. The number of amides is 1. The molecule has 1 aliphatic heterocycles. The summed E-state index contributed by atoms with van der Waals surface area (Å²) in [5.74, 6) is -0.0942. The number of carbonyl (C=O) groups excluding carboxylic acids is 1. The maximum Gasteiger partial charge on any atom is 0.273 e. The molecule has 1 aromatic heterocycles. The second-order valence-corrected chi connectivity index (χ2v) is 6.77. The Labute approximate surface area is 125 Å². The lowest BCUT2D eigenvalue weighted by atomic mass is 9.89. The molecule has 116 valence electrons. The van der Waals surface area contributed by atoms with Gasteiger partial charge in [0.05, 0.1) is 12.2 Å². The van der Waals surface area contributed by atoms with Crippen LogP contribution in [0.5, 0.6) is 0 Å². The Balaban J connectivity index is 1.56. The van der Waals surface area contributed by atoms with Crippen LogP contribution in [-0.2, 0) is 0 Å². The SMILES string of the molecule is CC1(CNC(=O)c2cn(C3CCNCC3)nn2)CCCC1. The summed E-state index contributed by atoms with van der Waals surface area (Å²) in [5.41, 5.74) is 0.705. The van der Waals surface area contributed by atoms with Crippen molar-refractivity contribution >= 4 is 5.91 Å². The summed E-state index contributed by atoms with van der Waals surface area (Å²) in [7, 11) is 0. The van der Waals surface area contributed by atoms with Crippen molar-refractivity contribution in [2.45, 2.75) is 51.5 Å². The van der Waals surface area contributed by atoms with Gasteiger partial charge in [0.2, 0.25) is 0 Å². The summed E-state index contributed by atoms with van der Waals surface area (Å²) >= 11 is 0. The van der Waals surface area contributed by atoms with Crippen LogP contribution in [0.4, 0.5) is 0 Å². The molecule has 1 saturated heterocycles. The van der Waals surface area contributed by atoms with Crippen LogP contribution in [0.15, 0.2) is 6.20 Å². The van der Waals surface area contributed by atoms with Crippen molar-refractivity contribution in [3.8, 4) is 0 Å². The quantitative estimate of drug-likeness (QED) is 0.882. The zero-order chi connectivity index (χ0) is 14.7. The molecule has 1 aromatic rings. The number of rotatable bonds is 4. The Morgan fingerprint density at radius 1 is 1.43 bits per heavy atom. The van der Waals surface area contributed by atoms with E-state index in [9.17, 15) is 4.79 Å². The van der Waals surface area contributed by atoms with Crippen LogP contribution < -0.4 is 10.6 Å². The molecule has 21 heavy (non-hydrogen) atoms. The second-order valence-electron chi connectivity index (χ2n) is 6.77. The summed E-state index contributed by atoms with van der Waals surface area (Å²) < 4.78 is 1.85. The third-order valence-electron chi connectivity index (χ3n) is 4.91. The predicted molar refractivity (Wildman–Crippen MR) is 80.1 cm³/mol. The maximum absolute atomic E-state index is 12.2. The van der Waals surface area contributed by atoms with Gasteiger partial charge in [-0.2, -0.15) is 0 Å². The standard InChI is InChI=1S/C15H25N5O/c1-15(6-2-3-7-15)11-17-14(21)13-10-20(19-18-13)12-4-8-16-9-5-12/h10,12,16H,2-9,11H2,1H3,(H,17,21). The summed E-state index contributed by atoms with van der Waals surface area (Å²) in [5, 5.41) is 14.5. The Morgan fingerprint density at radius 2 is 2.14 bits per heavy atom. The Hall–Kier alpha value is -1.43. The molecule has 2 fully saturated rings. The zero-order valence-electron chi connectivity index (χ0n) is 12.8. The molecule has 1 aliphatic carbocycles. The number of nitrogens with zero attached hydrogens (tertiary/aromatic N) is 3. The fraction of sp³-hybridized carbons (Fsp3) is 0.800. The molecule has 0 spiro atoms. The molecular weight excluding hydrogens is 266 g/mol.